The van der Waals surface area contributed by atoms with E-state index in [-0.39, 0.29) is 0 Å². The van der Waals surface area contributed by atoms with Crippen LogP contribution in [-0.2, 0) is 0 Å². The van der Waals surface area contributed by atoms with E-state index in [2.05, 4.69) is 53.5 Å². The second-order valence-corrected chi connectivity index (χ2v) is 7.25. The lowest BCUT2D eigenvalue weighted by atomic mass is 10.0. The van der Waals surface area contributed by atoms with E-state index in [0.717, 1.165) is 43.5 Å². The number of rotatable bonds is 2. The van der Waals surface area contributed by atoms with Gasteiger partial charge in [-0.3, -0.25) is 0 Å². The molecule has 126 valence electrons. The first-order valence-electron chi connectivity index (χ1n) is 8.35. The molecule has 26 heavy (non-hydrogen) atoms. The van der Waals surface area contributed by atoms with Gasteiger partial charge in [0.25, 0.3) is 0 Å². The summed E-state index contributed by atoms with van der Waals surface area (Å²) in [6.07, 6.45) is 0. The number of nitrogens with zero attached hydrogens (tertiary/aromatic N) is 5. The van der Waals surface area contributed by atoms with E-state index >= 15 is 0 Å². The average molecular weight is 357 g/mol. The Kier molecular flexibility index (Phi) is 3.33. The van der Waals surface area contributed by atoms with Gasteiger partial charge < -0.3 is 0 Å². The van der Waals surface area contributed by atoms with Gasteiger partial charge in [-0.2, -0.15) is 9.61 Å². The molecule has 0 amide bonds. The molecule has 0 radical (unpaired) electrons. The van der Waals surface area contributed by atoms with E-state index in [9.17, 15) is 0 Å². The fraction of sp³-hybridized carbons (Fsp3) is 0.100. The van der Waals surface area contributed by atoms with Gasteiger partial charge in [0.05, 0.1) is 11.2 Å². The number of hydrogen-bond acceptors (Lipinski definition) is 5. The molecular weight excluding hydrogens is 342 g/mol. The van der Waals surface area contributed by atoms with Crippen molar-refractivity contribution in [1.29, 1.82) is 0 Å². The lowest BCUT2D eigenvalue weighted by Gasteiger charge is -2.09. The molecule has 0 fully saturated rings. The molecule has 0 aliphatic rings. The first kappa shape index (κ1) is 15.2. The maximum absolute atomic E-state index is 4.87. The molecular formula is C20H15N5S. The average Bonchev–Trinajstić information content (AvgIpc) is 3.24. The van der Waals surface area contributed by atoms with Crippen LogP contribution in [0.3, 0.4) is 0 Å². The maximum atomic E-state index is 4.87. The highest BCUT2D eigenvalue weighted by molar-refractivity contribution is 7.19. The lowest BCUT2D eigenvalue weighted by Crippen LogP contribution is -1.92. The molecule has 6 heteroatoms. The molecule has 0 unspecified atom stereocenters. The van der Waals surface area contributed by atoms with Gasteiger partial charge in [-0.1, -0.05) is 53.3 Å². The van der Waals surface area contributed by atoms with Crippen LogP contribution in [-0.4, -0.2) is 24.8 Å². The van der Waals surface area contributed by atoms with Crippen LogP contribution < -0.4 is 0 Å². The van der Waals surface area contributed by atoms with Crippen molar-refractivity contribution in [2.45, 2.75) is 13.8 Å². The van der Waals surface area contributed by atoms with Crippen LogP contribution in [0.5, 0.6) is 0 Å². The van der Waals surface area contributed by atoms with Gasteiger partial charge >= 0.3 is 0 Å². The first-order valence-corrected chi connectivity index (χ1v) is 9.17. The van der Waals surface area contributed by atoms with Crippen molar-refractivity contribution in [2.24, 2.45) is 0 Å². The van der Waals surface area contributed by atoms with Gasteiger partial charge in [0, 0.05) is 16.5 Å². The summed E-state index contributed by atoms with van der Waals surface area (Å²) in [7, 11) is 0. The number of fused-ring (bicyclic) bond motifs is 2. The van der Waals surface area contributed by atoms with Crippen LogP contribution in [0, 0.1) is 13.8 Å². The van der Waals surface area contributed by atoms with Crippen molar-refractivity contribution in [3.8, 4) is 21.8 Å². The Labute approximate surface area is 154 Å². The summed E-state index contributed by atoms with van der Waals surface area (Å²) in [6.45, 7) is 4.00. The second kappa shape index (κ2) is 5.71. The van der Waals surface area contributed by atoms with Gasteiger partial charge in [-0.25, -0.2) is 4.98 Å². The Balaban J connectivity index is 1.82. The van der Waals surface area contributed by atoms with Crippen LogP contribution in [0.1, 0.15) is 11.4 Å². The summed E-state index contributed by atoms with van der Waals surface area (Å²) in [5.74, 6) is 0.792. The molecule has 0 bridgehead atoms. The van der Waals surface area contributed by atoms with E-state index < -0.39 is 0 Å². The molecule has 0 N–H and O–H groups in total. The lowest BCUT2D eigenvalue weighted by molar-refractivity contribution is 0.898. The highest BCUT2D eigenvalue weighted by atomic mass is 32.1. The molecule has 5 rings (SSSR count). The highest BCUT2D eigenvalue weighted by Gasteiger charge is 2.15. The minimum Gasteiger partial charge on any atom is -0.248 e. The molecule has 0 aliphatic carbocycles. The zero-order valence-electron chi connectivity index (χ0n) is 14.3. The van der Waals surface area contributed by atoms with Crippen molar-refractivity contribution in [3.05, 3.63) is 66.0 Å². The molecule has 0 spiro atoms. The van der Waals surface area contributed by atoms with Crippen LogP contribution in [0.15, 0.2) is 54.6 Å². The SMILES string of the molecule is Cc1ccc2nc(-c3ccccc3)cc(-c3nn4c(C)nnc4s3)c2c1. The quantitative estimate of drug-likeness (QED) is 0.460. The third-order valence-electron chi connectivity index (χ3n) is 4.41. The number of pyridine rings is 1. The van der Waals surface area contributed by atoms with E-state index in [0.29, 0.717) is 0 Å². The van der Waals surface area contributed by atoms with Gasteiger partial charge in [0.15, 0.2) is 5.82 Å². The zero-order valence-corrected chi connectivity index (χ0v) is 15.2. The van der Waals surface area contributed by atoms with Crippen LogP contribution in [0.25, 0.3) is 37.7 Å². The summed E-state index contributed by atoms with van der Waals surface area (Å²) in [6, 6.07) is 18.7. The largest absolute Gasteiger partial charge is 0.248 e. The number of benzene rings is 2. The Morgan fingerprint density at radius 1 is 0.923 bits per heavy atom. The minimum absolute atomic E-state index is 0.792. The number of aromatic nitrogens is 5. The summed E-state index contributed by atoms with van der Waals surface area (Å²) < 4.78 is 1.80. The first-order chi connectivity index (χ1) is 12.7. The van der Waals surface area contributed by atoms with Crippen LogP contribution in [0.2, 0.25) is 0 Å². The maximum Gasteiger partial charge on any atom is 0.234 e. The van der Waals surface area contributed by atoms with E-state index in [1.807, 2.05) is 25.1 Å². The fourth-order valence-electron chi connectivity index (χ4n) is 3.10. The van der Waals surface area contributed by atoms with Crippen molar-refractivity contribution in [3.63, 3.8) is 0 Å². The molecule has 3 aromatic heterocycles. The van der Waals surface area contributed by atoms with Crippen molar-refractivity contribution < 1.29 is 0 Å². The zero-order chi connectivity index (χ0) is 17.7. The topological polar surface area (TPSA) is 56.0 Å². The summed E-state index contributed by atoms with van der Waals surface area (Å²) in [4.78, 5) is 5.68. The molecule has 5 aromatic rings. The Morgan fingerprint density at radius 2 is 1.77 bits per heavy atom. The fourth-order valence-corrected chi connectivity index (χ4v) is 4.01. The van der Waals surface area contributed by atoms with Gasteiger partial charge in [0.2, 0.25) is 4.96 Å². The third-order valence-corrected chi connectivity index (χ3v) is 5.34. The summed E-state index contributed by atoms with van der Waals surface area (Å²) in [5.41, 5.74) is 5.28. The molecule has 0 saturated carbocycles. The van der Waals surface area contributed by atoms with Gasteiger partial charge in [-0.15, -0.1) is 10.2 Å². The third kappa shape index (κ3) is 2.38. The Morgan fingerprint density at radius 3 is 2.58 bits per heavy atom. The molecule has 2 aromatic carbocycles. The van der Waals surface area contributed by atoms with Crippen LogP contribution >= 0.6 is 11.3 Å². The minimum atomic E-state index is 0.792. The summed E-state index contributed by atoms with van der Waals surface area (Å²) >= 11 is 1.55. The van der Waals surface area contributed by atoms with Crippen LogP contribution in [0.4, 0.5) is 0 Å². The van der Waals surface area contributed by atoms with Crippen molar-refractivity contribution in [2.75, 3.05) is 0 Å². The second-order valence-electron chi connectivity index (χ2n) is 6.29. The predicted molar refractivity (Wildman–Crippen MR) is 104 cm³/mol. The van der Waals surface area contributed by atoms with E-state index in [1.165, 1.54) is 5.56 Å². The number of hydrogen-bond donors (Lipinski definition) is 0. The Hall–Kier alpha value is -3.12. The molecule has 5 nitrogen and oxygen atoms in total. The molecule has 3 heterocycles. The monoisotopic (exact) mass is 357 g/mol. The van der Waals surface area contributed by atoms with Gasteiger partial charge in [-0.05, 0) is 32.0 Å². The molecule has 0 saturated heterocycles. The normalized spacial score (nSPS) is 11.5. The van der Waals surface area contributed by atoms with Gasteiger partial charge in [0.1, 0.15) is 5.01 Å². The van der Waals surface area contributed by atoms with Crippen molar-refractivity contribution in [1.82, 2.24) is 24.8 Å². The van der Waals surface area contributed by atoms with Crippen molar-refractivity contribution >= 4 is 27.2 Å². The van der Waals surface area contributed by atoms with E-state index in [4.69, 9.17) is 10.1 Å². The summed E-state index contributed by atoms with van der Waals surface area (Å²) in [5, 5.41) is 15.0. The van der Waals surface area contributed by atoms with E-state index in [1.54, 1.807) is 15.9 Å². The molecule has 0 atom stereocenters. The Bertz CT molecular complexity index is 1250. The smallest absolute Gasteiger partial charge is 0.234 e. The molecule has 0 aliphatic heterocycles. The highest BCUT2D eigenvalue weighted by Crippen LogP contribution is 2.34. The number of aryl methyl sites for hydroxylation is 2. The predicted octanol–water partition coefficient (Wildman–Crippen LogP) is 4.68. The standard InChI is InChI=1S/C20H15N5S/c1-12-8-9-17-15(10-12)16(11-18(21-17)14-6-4-3-5-7-14)19-24-25-13(2)22-23-20(25)26-19/h3-11H,1-2H3.